The number of aliphatic hydroxyl groups excluding tert-OH is 1. The molecule has 5 rings (SSSR count). The highest BCUT2D eigenvalue weighted by Gasteiger charge is 2.70. The number of rotatable bonds is 7. The SMILES string of the molecule is O=C(O)C[C@H]1CC[C@@H]2O[C@@H]3[C@H]4O[C@](CCOCc5ccccc5)(O[C@H]4[C@H]2O1)[C@H]3O. The third-order valence-electron chi connectivity index (χ3n) is 6.33. The molecule has 0 spiro atoms. The minimum absolute atomic E-state index is 0.0357. The van der Waals surface area contributed by atoms with Crippen molar-refractivity contribution >= 4 is 5.97 Å². The van der Waals surface area contributed by atoms with Crippen LogP contribution in [0.2, 0.25) is 0 Å². The second kappa shape index (κ2) is 7.61. The maximum atomic E-state index is 11.0. The third kappa shape index (κ3) is 3.48. The van der Waals surface area contributed by atoms with Crippen molar-refractivity contribution in [1.82, 2.24) is 0 Å². The van der Waals surface area contributed by atoms with Gasteiger partial charge in [-0.15, -0.1) is 0 Å². The summed E-state index contributed by atoms with van der Waals surface area (Å²) in [5, 5.41) is 19.9. The van der Waals surface area contributed by atoms with Gasteiger partial charge < -0.3 is 33.9 Å². The minimum Gasteiger partial charge on any atom is -0.481 e. The Kier molecular flexibility index (Phi) is 5.09. The van der Waals surface area contributed by atoms with E-state index in [4.69, 9.17) is 28.8 Å². The van der Waals surface area contributed by atoms with E-state index in [1.807, 2.05) is 30.3 Å². The van der Waals surface area contributed by atoms with Crippen molar-refractivity contribution in [2.75, 3.05) is 6.61 Å². The molecule has 4 aliphatic rings. The highest BCUT2D eigenvalue weighted by molar-refractivity contribution is 5.67. The highest BCUT2D eigenvalue weighted by Crippen LogP contribution is 2.52. The van der Waals surface area contributed by atoms with Crippen molar-refractivity contribution in [3.05, 3.63) is 35.9 Å². The van der Waals surface area contributed by atoms with Gasteiger partial charge in [0.2, 0.25) is 0 Å². The first-order valence-electron chi connectivity index (χ1n) is 10.2. The number of carbonyl (C=O) groups is 1. The van der Waals surface area contributed by atoms with E-state index in [9.17, 15) is 9.90 Å². The molecule has 8 atom stereocenters. The number of aliphatic carboxylic acids is 1. The zero-order valence-electron chi connectivity index (χ0n) is 16.0. The maximum Gasteiger partial charge on any atom is 0.305 e. The fraction of sp³-hybridized carbons (Fsp3) is 0.667. The molecule has 4 aliphatic heterocycles. The highest BCUT2D eigenvalue weighted by atomic mass is 16.8. The number of carboxylic acids is 1. The third-order valence-corrected chi connectivity index (χ3v) is 6.33. The van der Waals surface area contributed by atoms with E-state index >= 15 is 0 Å². The van der Waals surface area contributed by atoms with Crippen LogP contribution < -0.4 is 0 Å². The molecule has 4 heterocycles. The van der Waals surface area contributed by atoms with Crippen molar-refractivity contribution < 1.29 is 38.7 Å². The lowest BCUT2D eigenvalue weighted by Gasteiger charge is -2.49. The first kappa shape index (κ1) is 19.4. The lowest BCUT2D eigenvalue weighted by atomic mass is 9.85. The molecule has 0 amide bonds. The molecular formula is C21H26O8. The molecule has 0 aliphatic carbocycles. The summed E-state index contributed by atoms with van der Waals surface area (Å²) in [4.78, 5) is 11.0. The van der Waals surface area contributed by atoms with E-state index in [1.54, 1.807) is 0 Å². The molecule has 2 N–H and O–H groups in total. The molecule has 1 aromatic rings. The van der Waals surface area contributed by atoms with Crippen LogP contribution in [0, 0.1) is 0 Å². The summed E-state index contributed by atoms with van der Waals surface area (Å²) < 4.78 is 30.2. The number of hydrogen-bond acceptors (Lipinski definition) is 7. The fourth-order valence-corrected chi connectivity index (χ4v) is 4.97. The van der Waals surface area contributed by atoms with Crippen LogP contribution in [0.4, 0.5) is 0 Å². The zero-order chi connectivity index (χ0) is 20.0. The van der Waals surface area contributed by atoms with Gasteiger partial charge in [-0.25, -0.2) is 0 Å². The lowest BCUT2D eigenvalue weighted by molar-refractivity contribution is -0.300. The van der Waals surface area contributed by atoms with Crippen LogP contribution in [-0.4, -0.2) is 71.3 Å². The van der Waals surface area contributed by atoms with E-state index in [0.717, 1.165) is 5.56 Å². The monoisotopic (exact) mass is 406 g/mol. The van der Waals surface area contributed by atoms with E-state index < -0.39 is 30.1 Å². The van der Waals surface area contributed by atoms with Gasteiger partial charge in [-0.1, -0.05) is 30.3 Å². The Hall–Kier alpha value is -1.55. The van der Waals surface area contributed by atoms with Crippen molar-refractivity contribution in [3.63, 3.8) is 0 Å². The number of carboxylic acid groups (broad SMARTS) is 1. The second-order valence-corrected chi connectivity index (χ2v) is 8.25. The van der Waals surface area contributed by atoms with Gasteiger partial charge in [0.1, 0.15) is 30.5 Å². The fourth-order valence-electron chi connectivity index (χ4n) is 4.97. The van der Waals surface area contributed by atoms with E-state index in [2.05, 4.69) is 0 Å². The van der Waals surface area contributed by atoms with Crippen LogP contribution in [0.25, 0.3) is 0 Å². The number of fused-ring (bicyclic) bond motifs is 3. The molecule has 158 valence electrons. The van der Waals surface area contributed by atoms with Crippen LogP contribution in [0.3, 0.4) is 0 Å². The molecule has 0 aromatic heterocycles. The summed E-state index contributed by atoms with van der Waals surface area (Å²) in [5.74, 6) is -2.04. The second-order valence-electron chi connectivity index (χ2n) is 8.25. The Bertz CT molecular complexity index is 741. The molecular weight excluding hydrogens is 380 g/mol. The van der Waals surface area contributed by atoms with E-state index in [0.29, 0.717) is 32.5 Å². The van der Waals surface area contributed by atoms with E-state index in [1.165, 1.54) is 0 Å². The Morgan fingerprint density at radius 2 is 1.83 bits per heavy atom. The Morgan fingerprint density at radius 1 is 1.07 bits per heavy atom. The summed E-state index contributed by atoms with van der Waals surface area (Å²) in [6.45, 7) is 0.846. The number of ether oxygens (including phenoxy) is 5. The molecule has 4 saturated heterocycles. The molecule has 0 radical (unpaired) electrons. The number of benzene rings is 1. The van der Waals surface area contributed by atoms with Crippen molar-refractivity contribution in [3.8, 4) is 0 Å². The largest absolute Gasteiger partial charge is 0.481 e. The first-order chi connectivity index (χ1) is 14.1. The molecule has 8 heteroatoms. The first-order valence-corrected chi connectivity index (χ1v) is 10.2. The van der Waals surface area contributed by atoms with Crippen molar-refractivity contribution in [2.24, 2.45) is 0 Å². The van der Waals surface area contributed by atoms with Crippen LogP contribution in [0.1, 0.15) is 31.2 Å². The summed E-state index contributed by atoms with van der Waals surface area (Å²) in [7, 11) is 0. The summed E-state index contributed by atoms with van der Waals surface area (Å²) in [5.41, 5.74) is 1.08. The van der Waals surface area contributed by atoms with Crippen LogP contribution in [0.15, 0.2) is 30.3 Å². The van der Waals surface area contributed by atoms with Gasteiger partial charge in [-0.2, -0.15) is 0 Å². The quantitative estimate of drug-likeness (QED) is 0.652. The molecule has 0 unspecified atom stereocenters. The van der Waals surface area contributed by atoms with Gasteiger partial charge in [0.05, 0.1) is 31.8 Å². The molecule has 0 saturated carbocycles. The van der Waals surface area contributed by atoms with Gasteiger partial charge in [0.15, 0.2) is 5.79 Å². The number of hydrogen-bond donors (Lipinski definition) is 2. The average Bonchev–Trinajstić information content (AvgIpc) is 3.23. The molecule has 8 nitrogen and oxygen atoms in total. The molecule has 2 bridgehead atoms. The number of aliphatic hydroxyl groups is 1. The summed E-state index contributed by atoms with van der Waals surface area (Å²) in [6.07, 6.45) is -1.42. The van der Waals surface area contributed by atoms with Gasteiger partial charge in [0.25, 0.3) is 0 Å². The van der Waals surface area contributed by atoms with Crippen LogP contribution in [-0.2, 0) is 35.1 Å². The van der Waals surface area contributed by atoms with Crippen LogP contribution in [0.5, 0.6) is 0 Å². The Morgan fingerprint density at radius 3 is 2.59 bits per heavy atom. The molecule has 1 aromatic carbocycles. The van der Waals surface area contributed by atoms with Crippen molar-refractivity contribution in [1.29, 1.82) is 0 Å². The topological polar surface area (TPSA) is 104 Å². The Balaban J connectivity index is 1.22. The molecule has 4 fully saturated rings. The predicted octanol–water partition coefficient (Wildman–Crippen LogP) is 1.24. The average molecular weight is 406 g/mol. The predicted molar refractivity (Wildman–Crippen MR) is 98.0 cm³/mol. The lowest BCUT2D eigenvalue weighted by Crippen LogP contribution is -2.65. The normalized spacial score (nSPS) is 42.6. The minimum atomic E-state index is -1.16. The van der Waals surface area contributed by atoms with Gasteiger partial charge >= 0.3 is 5.97 Å². The Labute approximate surface area is 168 Å². The van der Waals surface area contributed by atoms with Gasteiger partial charge in [-0.05, 0) is 18.4 Å². The zero-order valence-corrected chi connectivity index (χ0v) is 16.0. The summed E-state index contributed by atoms with van der Waals surface area (Å²) >= 11 is 0. The van der Waals surface area contributed by atoms with E-state index in [-0.39, 0.29) is 30.8 Å². The van der Waals surface area contributed by atoms with Gasteiger partial charge in [0, 0.05) is 6.42 Å². The maximum absolute atomic E-state index is 11.0. The summed E-state index contributed by atoms with van der Waals surface area (Å²) in [6, 6.07) is 9.87. The smallest absolute Gasteiger partial charge is 0.305 e. The standard InChI is InChI=1S/C21H26O8/c22-15(23)10-13-6-7-14-16(26-13)17-18-19(27-14)20(24)21(28-17,29-18)8-9-25-11-12-4-2-1-3-5-12/h1-5,13-14,16-20,24H,6-11H2,(H,22,23)/t13-,14+,16+,17+,18+,19-,20+,21+/m1/s1. The molecule has 29 heavy (non-hydrogen) atoms. The van der Waals surface area contributed by atoms with Crippen molar-refractivity contribution in [2.45, 2.75) is 80.8 Å². The van der Waals surface area contributed by atoms with Gasteiger partial charge in [-0.3, -0.25) is 4.79 Å². The van der Waals surface area contributed by atoms with Crippen LogP contribution >= 0.6 is 0 Å².